The molecule has 0 aliphatic rings. The van der Waals surface area contributed by atoms with Crippen LogP contribution in [-0.2, 0) is 0 Å². The number of rotatable bonds is 1. The van der Waals surface area contributed by atoms with Crippen LogP contribution in [0.3, 0.4) is 0 Å². The van der Waals surface area contributed by atoms with Gasteiger partial charge in [-0.3, -0.25) is 0 Å². The van der Waals surface area contributed by atoms with Gasteiger partial charge in [0.25, 0.3) is 0 Å². The average molecular weight is 298 g/mol. The number of aromatic nitrogens is 2. The molecule has 22 heavy (non-hydrogen) atoms. The molecule has 5 heteroatoms. The van der Waals surface area contributed by atoms with E-state index in [0.29, 0.717) is 22.0 Å². The number of aromatic amines is 1. The van der Waals surface area contributed by atoms with Crippen molar-refractivity contribution in [3.63, 3.8) is 0 Å². The summed E-state index contributed by atoms with van der Waals surface area (Å²) in [5.74, 6) is -1.78. The van der Waals surface area contributed by atoms with Crippen LogP contribution < -0.4 is 0 Å². The summed E-state index contributed by atoms with van der Waals surface area (Å²) in [5, 5.41) is 1.04. The number of para-hydroxylation sites is 1. The van der Waals surface area contributed by atoms with Gasteiger partial charge in [-0.25, -0.2) is 18.2 Å². The third-order valence-corrected chi connectivity index (χ3v) is 3.65. The second-order valence-corrected chi connectivity index (χ2v) is 5.02. The first-order chi connectivity index (χ1) is 10.6. The lowest BCUT2D eigenvalue weighted by molar-refractivity contribution is 0.591. The Labute approximate surface area is 123 Å². The first-order valence-corrected chi connectivity index (χ1v) is 6.65. The highest BCUT2D eigenvalue weighted by atomic mass is 19.1. The molecular weight excluding hydrogens is 289 g/mol. The zero-order valence-corrected chi connectivity index (χ0v) is 11.2. The van der Waals surface area contributed by atoms with Crippen LogP contribution in [0.4, 0.5) is 13.2 Å². The van der Waals surface area contributed by atoms with Crippen molar-refractivity contribution in [2.75, 3.05) is 0 Å². The number of pyridine rings is 1. The topological polar surface area (TPSA) is 28.7 Å². The van der Waals surface area contributed by atoms with Gasteiger partial charge in [-0.2, -0.15) is 0 Å². The zero-order chi connectivity index (χ0) is 15.3. The normalized spacial score (nSPS) is 11.4. The predicted octanol–water partition coefficient (Wildman–Crippen LogP) is 4.80. The van der Waals surface area contributed by atoms with Gasteiger partial charge in [0.05, 0.1) is 11.2 Å². The van der Waals surface area contributed by atoms with Crippen molar-refractivity contribution in [1.82, 2.24) is 9.97 Å². The molecule has 0 aliphatic heterocycles. The quantitative estimate of drug-likeness (QED) is 0.537. The van der Waals surface area contributed by atoms with Gasteiger partial charge in [0, 0.05) is 28.6 Å². The minimum absolute atomic E-state index is 0.201. The molecule has 0 radical (unpaired) electrons. The van der Waals surface area contributed by atoms with Crippen molar-refractivity contribution in [3.05, 3.63) is 66.1 Å². The van der Waals surface area contributed by atoms with Crippen molar-refractivity contribution >= 4 is 21.8 Å². The second kappa shape index (κ2) is 4.59. The highest BCUT2D eigenvalue weighted by molar-refractivity contribution is 5.96. The molecule has 2 aromatic carbocycles. The van der Waals surface area contributed by atoms with Crippen LogP contribution >= 0.6 is 0 Å². The first kappa shape index (κ1) is 12.9. The largest absolute Gasteiger partial charge is 0.358 e. The second-order valence-electron chi connectivity index (χ2n) is 5.02. The molecular formula is C17H9F3N2. The SMILES string of the molecule is Fc1cc(F)c2[nH]cc(-c3ccc4cccc(F)c4n3)c2c1. The fraction of sp³-hybridized carbons (Fsp3) is 0. The number of halogens is 3. The molecule has 2 nitrogen and oxygen atoms in total. The maximum Gasteiger partial charge on any atom is 0.150 e. The van der Waals surface area contributed by atoms with Crippen LogP contribution in [-0.4, -0.2) is 9.97 Å². The fourth-order valence-corrected chi connectivity index (χ4v) is 2.63. The van der Waals surface area contributed by atoms with Gasteiger partial charge in [0.15, 0.2) is 0 Å². The Balaban J connectivity index is 2.01. The number of nitrogens with zero attached hydrogens (tertiary/aromatic N) is 1. The summed E-state index contributed by atoms with van der Waals surface area (Å²) in [7, 11) is 0. The zero-order valence-electron chi connectivity index (χ0n) is 11.2. The van der Waals surface area contributed by atoms with E-state index >= 15 is 0 Å². The van der Waals surface area contributed by atoms with E-state index in [2.05, 4.69) is 9.97 Å². The Hall–Kier alpha value is -2.82. The van der Waals surface area contributed by atoms with Crippen LogP contribution in [0, 0.1) is 17.5 Å². The highest BCUT2D eigenvalue weighted by Crippen LogP contribution is 2.31. The number of hydrogen-bond donors (Lipinski definition) is 1. The van der Waals surface area contributed by atoms with E-state index in [1.54, 1.807) is 30.5 Å². The van der Waals surface area contributed by atoms with Crippen molar-refractivity contribution in [2.45, 2.75) is 0 Å². The molecule has 0 unspecified atom stereocenters. The lowest BCUT2D eigenvalue weighted by atomic mass is 10.1. The smallest absolute Gasteiger partial charge is 0.150 e. The van der Waals surface area contributed by atoms with E-state index < -0.39 is 17.5 Å². The molecule has 0 aliphatic carbocycles. The summed E-state index contributed by atoms with van der Waals surface area (Å²) < 4.78 is 41.1. The van der Waals surface area contributed by atoms with Crippen LogP contribution in [0.25, 0.3) is 33.1 Å². The van der Waals surface area contributed by atoms with Gasteiger partial charge in [-0.05, 0) is 18.2 Å². The molecule has 4 rings (SSSR count). The number of fused-ring (bicyclic) bond motifs is 2. The van der Waals surface area contributed by atoms with E-state index in [0.717, 1.165) is 6.07 Å². The maximum absolute atomic E-state index is 13.9. The number of nitrogens with one attached hydrogen (secondary N) is 1. The summed E-state index contributed by atoms with van der Waals surface area (Å²) in [6.45, 7) is 0. The first-order valence-electron chi connectivity index (χ1n) is 6.65. The van der Waals surface area contributed by atoms with E-state index in [-0.39, 0.29) is 11.0 Å². The maximum atomic E-state index is 13.9. The molecule has 0 saturated heterocycles. The minimum atomic E-state index is -0.673. The molecule has 2 heterocycles. The van der Waals surface area contributed by atoms with E-state index in [9.17, 15) is 13.2 Å². The molecule has 0 amide bonds. The molecule has 0 atom stereocenters. The average Bonchev–Trinajstić information content (AvgIpc) is 2.91. The molecule has 2 aromatic heterocycles. The van der Waals surface area contributed by atoms with E-state index in [1.165, 1.54) is 12.1 Å². The molecule has 0 bridgehead atoms. The Bertz CT molecular complexity index is 1020. The number of H-pyrrole nitrogens is 1. The van der Waals surface area contributed by atoms with Gasteiger partial charge >= 0.3 is 0 Å². The van der Waals surface area contributed by atoms with Crippen molar-refractivity contribution < 1.29 is 13.2 Å². The Kier molecular flexibility index (Phi) is 2.69. The molecule has 0 saturated carbocycles. The number of benzene rings is 2. The third-order valence-electron chi connectivity index (χ3n) is 3.65. The van der Waals surface area contributed by atoms with Crippen LogP contribution in [0.15, 0.2) is 48.7 Å². The monoisotopic (exact) mass is 298 g/mol. The summed E-state index contributed by atoms with van der Waals surface area (Å²) >= 11 is 0. The third kappa shape index (κ3) is 1.86. The molecule has 108 valence electrons. The van der Waals surface area contributed by atoms with Gasteiger partial charge in [0.1, 0.15) is 23.0 Å². The fourth-order valence-electron chi connectivity index (χ4n) is 2.63. The number of hydrogen-bond acceptors (Lipinski definition) is 1. The highest BCUT2D eigenvalue weighted by Gasteiger charge is 2.13. The molecule has 4 aromatic rings. The van der Waals surface area contributed by atoms with Gasteiger partial charge in [-0.15, -0.1) is 0 Å². The van der Waals surface area contributed by atoms with Crippen molar-refractivity contribution in [1.29, 1.82) is 0 Å². The van der Waals surface area contributed by atoms with Gasteiger partial charge in [0.2, 0.25) is 0 Å². The van der Waals surface area contributed by atoms with Crippen LogP contribution in [0.1, 0.15) is 0 Å². The van der Waals surface area contributed by atoms with Crippen LogP contribution in [0.2, 0.25) is 0 Å². The standard InChI is InChI=1S/C17H9F3N2/c18-10-6-11-12(8-21-17(11)14(20)7-10)15-5-4-9-2-1-3-13(19)16(9)22-15/h1-8,21H. The summed E-state index contributed by atoms with van der Waals surface area (Å²) in [6, 6.07) is 10.2. The lowest BCUT2D eigenvalue weighted by Gasteiger charge is -2.03. The van der Waals surface area contributed by atoms with E-state index in [1.807, 2.05) is 0 Å². The lowest BCUT2D eigenvalue weighted by Crippen LogP contribution is -1.88. The van der Waals surface area contributed by atoms with Gasteiger partial charge in [-0.1, -0.05) is 18.2 Å². The Morgan fingerprint density at radius 3 is 2.64 bits per heavy atom. The molecule has 1 N–H and O–H groups in total. The van der Waals surface area contributed by atoms with Gasteiger partial charge < -0.3 is 4.98 Å². The molecule has 0 spiro atoms. The predicted molar refractivity (Wildman–Crippen MR) is 78.9 cm³/mol. The molecule has 0 fully saturated rings. The Morgan fingerprint density at radius 1 is 0.909 bits per heavy atom. The van der Waals surface area contributed by atoms with Crippen LogP contribution in [0.5, 0.6) is 0 Å². The summed E-state index contributed by atoms with van der Waals surface area (Å²) in [5.41, 5.74) is 1.41. The van der Waals surface area contributed by atoms with Crippen molar-refractivity contribution in [3.8, 4) is 11.3 Å². The minimum Gasteiger partial charge on any atom is -0.358 e. The van der Waals surface area contributed by atoms with Crippen molar-refractivity contribution in [2.24, 2.45) is 0 Å². The summed E-state index contributed by atoms with van der Waals surface area (Å²) in [4.78, 5) is 7.06. The van der Waals surface area contributed by atoms with E-state index in [4.69, 9.17) is 0 Å². The summed E-state index contributed by atoms with van der Waals surface area (Å²) in [6.07, 6.45) is 1.54. The Morgan fingerprint density at radius 2 is 1.77 bits per heavy atom.